The second kappa shape index (κ2) is 8.03. The number of likely N-dealkylation sites (tertiary alicyclic amines) is 2. The van der Waals surface area contributed by atoms with E-state index < -0.39 is 0 Å². The molecule has 3 heterocycles. The number of rotatable bonds is 3. The molecule has 0 spiro atoms. The largest absolute Gasteiger partial charge is 0.317 e. The molecule has 0 radical (unpaired) electrons. The van der Waals surface area contributed by atoms with Crippen LogP contribution in [-0.4, -0.2) is 84.7 Å². The van der Waals surface area contributed by atoms with Crippen molar-refractivity contribution in [3.8, 4) is 0 Å². The first-order valence-electron chi connectivity index (χ1n) is 10.4. The van der Waals surface area contributed by atoms with Crippen molar-refractivity contribution in [2.75, 3.05) is 46.3 Å². The van der Waals surface area contributed by atoms with E-state index in [1.54, 1.807) is 0 Å². The van der Waals surface area contributed by atoms with Crippen LogP contribution in [0.3, 0.4) is 0 Å². The molecule has 0 aromatic heterocycles. The van der Waals surface area contributed by atoms with E-state index in [9.17, 15) is 0 Å². The quantitative estimate of drug-likeness (QED) is 0.854. The lowest BCUT2D eigenvalue weighted by molar-refractivity contribution is 0.0253. The van der Waals surface area contributed by atoms with E-state index in [1.165, 1.54) is 77.8 Å². The molecule has 4 heteroatoms. The highest BCUT2D eigenvalue weighted by Crippen LogP contribution is 2.27. The summed E-state index contributed by atoms with van der Waals surface area (Å²) in [4.78, 5) is 8.20. The molecule has 1 N–H and O–H groups in total. The van der Waals surface area contributed by atoms with Crippen molar-refractivity contribution in [2.24, 2.45) is 0 Å². The fourth-order valence-corrected chi connectivity index (χ4v) is 5.07. The minimum atomic E-state index is 0.337. The maximum absolute atomic E-state index is 3.50. The molecule has 4 nitrogen and oxygen atoms in total. The molecular weight excluding hydrogens is 296 g/mol. The summed E-state index contributed by atoms with van der Waals surface area (Å²) in [5, 5.41) is 3.50. The highest BCUT2D eigenvalue weighted by molar-refractivity contribution is 4.90. The highest BCUT2D eigenvalue weighted by atomic mass is 15.3. The lowest BCUT2D eigenvalue weighted by atomic mass is 9.93. The molecule has 3 aliphatic heterocycles. The SMILES string of the molecule is CN(C1CCN(C2CCNCC2)CC1)C1CCN(C(C)(C)C)CC1. The first-order chi connectivity index (χ1) is 11.4. The molecule has 0 saturated carbocycles. The van der Waals surface area contributed by atoms with Crippen molar-refractivity contribution < 1.29 is 0 Å². The van der Waals surface area contributed by atoms with Gasteiger partial charge in [0.15, 0.2) is 0 Å². The molecule has 0 aliphatic carbocycles. The van der Waals surface area contributed by atoms with Gasteiger partial charge in [-0.25, -0.2) is 0 Å². The molecule has 3 saturated heterocycles. The molecule has 0 unspecified atom stereocenters. The van der Waals surface area contributed by atoms with Crippen LogP contribution in [0.4, 0.5) is 0 Å². The van der Waals surface area contributed by atoms with Crippen molar-refractivity contribution >= 4 is 0 Å². The fourth-order valence-electron chi connectivity index (χ4n) is 5.07. The van der Waals surface area contributed by atoms with Crippen molar-refractivity contribution in [3.05, 3.63) is 0 Å². The maximum Gasteiger partial charge on any atom is 0.0125 e. The van der Waals surface area contributed by atoms with Gasteiger partial charge in [-0.3, -0.25) is 4.90 Å². The zero-order valence-electron chi connectivity index (χ0n) is 16.6. The van der Waals surface area contributed by atoms with E-state index in [0.29, 0.717) is 5.54 Å². The molecule has 3 fully saturated rings. The van der Waals surface area contributed by atoms with Gasteiger partial charge in [-0.2, -0.15) is 0 Å². The fraction of sp³-hybridized carbons (Fsp3) is 1.00. The molecule has 0 aromatic carbocycles. The third-order valence-corrected chi connectivity index (χ3v) is 6.89. The summed E-state index contributed by atoms with van der Waals surface area (Å²) in [6.07, 6.45) is 8.15. The topological polar surface area (TPSA) is 21.8 Å². The lowest BCUT2D eigenvalue weighted by Gasteiger charge is -2.47. The summed E-state index contributed by atoms with van der Waals surface area (Å²) < 4.78 is 0. The van der Waals surface area contributed by atoms with Crippen LogP contribution in [0.15, 0.2) is 0 Å². The molecule has 0 atom stereocenters. The average Bonchev–Trinajstić information content (AvgIpc) is 2.61. The Morgan fingerprint density at radius 2 is 1.29 bits per heavy atom. The van der Waals surface area contributed by atoms with E-state index >= 15 is 0 Å². The minimum absolute atomic E-state index is 0.337. The van der Waals surface area contributed by atoms with Gasteiger partial charge in [-0.15, -0.1) is 0 Å². The summed E-state index contributed by atoms with van der Waals surface area (Å²) in [5.74, 6) is 0. The van der Waals surface area contributed by atoms with Crippen LogP contribution in [-0.2, 0) is 0 Å². The monoisotopic (exact) mass is 336 g/mol. The molecule has 24 heavy (non-hydrogen) atoms. The Morgan fingerprint density at radius 3 is 1.79 bits per heavy atom. The summed E-state index contributed by atoms with van der Waals surface area (Å²) in [5.41, 5.74) is 0.337. The predicted octanol–water partition coefficient (Wildman–Crippen LogP) is 2.40. The van der Waals surface area contributed by atoms with Crippen molar-refractivity contribution in [2.45, 2.75) is 83.0 Å². The van der Waals surface area contributed by atoms with E-state index in [4.69, 9.17) is 0 Å². The second-order valence-electron chi connectivity index (χ2n) is 9.30. The van der Waals surface area contributed by atoms with Gasteiger partial charge in [0.25, 0.3) is 0 Å². The number of hydrogen-bond acceptors (Lipinski definition) is 4. The van der Waals surface area contributed by atoms with Gasteiger partial charge in [-0.1, -0.05) is 0 Å². The summed E-state index contributed by atoms with van der Waals surface area (Å²) in [6.45, 7) is 14.7. The molecular formula is C20H40N4. The molecule has 0 aromatic rings. The summed E-state index contributed by atoms with van der Waals surface area (Å²) in [6, 6.07) is 2.47. The van der Waals surface area contributed by atoms with E-state index in [2.05, 4.69) is 47.8 Å². The minimum Gasteiger partial charge on any atom is -0.317 e. The van der Waals surface area contributed by atoms with Crippen molar-refractivity contribution in [3.63, 3.8) is 0 Å². The van der Waals surface area contributed by atoms with Crippen LogP contribution in [0, 0.1) is 0 Å². The van der Waals surface area contributed by atoms with Crippen LogP contribution in [0.2, 0.25) is 0 Å². The van der Waals surface area contributed by atoms with Crippen LogP contribution < -0.4 is 5.32 Å². The zero-order chi connectivity index (χ0) is 17.2. The third-order valence-electron chi connectivity index (χ3n) is 6.89. The Kier molecular flexibility index (Phi) is 6.23. The van der Waals surface area contributed by atoms with E-state index in [1.807, 2.05) is 0 Å². The Morgan fingerprint density at radius 1 is 0.792 bits per heavy atom. The van der Waals surface area contributed by atoms with Crippen LogP contribution >= 0.6 is 0 Å². The average molecular weight is 337 g/mol. The Balaban J connectivity index is 1.43. The zero-order valence-corrected chi connectivity index (χ0v) is 16.6. The Labute approximate surface area is 149 Å². The maximum atomic E-state index is 3.50. The van der Waals surface area contributed by atoms with Gasteiger partial charge < -0.3 is 15.1 Å². The Hall–Kier alpha value is -0.160. The normalized spacial score (nSPS) is 27.9. The molecule has 3 aliphatic rings. The van der Waals surface area contributed by atoms with Gasteiger partial charge in [0.1, 0.15) is 0 Å². The smallest absolute Gasteiger partial charge is 0.0125 e. The number of nitrogens with one attached hydrogen (secondary N) is 1. The molecule has 140 valence electrons. The number of piperidine rings is 3. The first-order valence-corrected chi connectivity index (χ1v) is 10.4. The van der Waals surface area contributed by atoms with Crippen molar-refractivity contribution in [1.29, 1.82) is 0 Å². The molecule has 3 rings (SSSR count). The number of hydrogen-bond donors (Lipinski definition) is 1. The number of nitrogens with zero attached hydrogens (tertiary/aromatic N) is 3. The van der Waals surface area contributed by atoms with Gasteiger partial charge in [-0.05, 0) is 92.5 Å². The summed E-state index contributed by atoms with van der Waals surface area (Å²) >= 11 is 0. The first kappa shape index (κ1) is 18.6. The Bertz CT molecular complexity index is 370. The van der Waals surface area contributed by atoms with Gasteiger partial charge in [0, 0.05) is 36.8 Å². The van der Waals surface area contributed by atoms with Crippen LogP contribution in [0.5, 0.6) is 0 Å². The molecule has 0 amide bonds. The van der Waals surface area contributed by atoms with Crippen LogP contribution in [0.25, 0.3) is 0 Å². The van der Waals surface area contributed by atoms with Gasteiger partial charge >= 0.3 is 0 Å². The van der Waals surface area contributed by atoms with Gasteiger partial charge in [0.05, 0.1) is 0 Å². The van der Waals surface area contributed by atoms with Gasteiger partial charge in [0.2, 0.25) is 0 Å². The second-order valence-corrected chi connectivity index (χ2v) is 9.30. The lowest BCUT2D eigenvalue weighted by Crippen LogP contribution is -2.54. The van der Waals surface area contributed by atoms with E-state index in [-0.39, 0.29) is 0 Å². The molecule has 0 bridgehead atoms. The summed E-state index contributed by atoms with van der Waals surface area (Å²) in [7, 11) is 2.41. The highest BCUT2D eigenvalue weighted by Gasteiger charge is 2.33. The predicted molar refractivity (Wildman–Crippen MR) is 103 cm³/mol. The van der Waals surface area contributed by atoms with Crippen molar-refractivity contribution in [1.82, 2.24) is 20.0 Å². The van der Waals surface area contributed by atoms with Crippen LogP contribution in [0.1, 0.15) is 59.3 Å². The van der Waals surface area contributed by atoms with E-state index in [0.717, 1.165) is 18.1 Å². The standard InChI is InChI=1S/C20H40N4/c1-20(2,3)24-15-9-18(10-16-24)22(4)17-7-13-23(14-8-17)19-5-11-21-12-6-19/h17-19,21H,5-16H2,1-4H3. The third kappa shape index (κ3) is 4.51.